The van der Waals surface area contributed by atoms with Gasteiger partial charge in [0, 0.05) is 37.8 Å². The highest BCUT2D eigenvalue weighted by Gasteiger charge is 2.35. The van der Waals surface area contributed by atoms with Crippen LogP contribution in [0, 0.1) is 0 Å². The van der Waals surface area contributed by atoms with Crippen LogP contribution in [0.5, 0.6) is 0 Å². The minimum absolute atomic E-state index is 0.0238. The van der Waals surface area contributed by atoms with Crippen LogP contribution in [0.1, 0.15) is 29.6 Å². The topological polar surface area (TPSA) is 64.0 Å². The van der Waals surface area contributed by atoms with Crippen LogP contribution in [0.3, 0.4) is 0 Å². The number of hydrogen-bond acceptors (Lipinski definition) is 4. The maximum absolute atomic E-state index is 13.0. The van der Waals surface area contributed by atoms with Crippen molar-refractivity contribution in [2.45, 2.75) is 37.5 Å². The van der Waals surface area contributed by atoms with Gasteiger partial charge in [0.25, 0.3) is 5.91 Å². The number of β-amino-alcohol motifs (C(OH)–C–C–N with tert-alkyl or cyclic N) is 1. The van der Waals surface area contributed by atoms with Crippen LogP contribution in [-0.2, 0) is 0 Å². The molecule has 2 aliphatic heterocycles. The number of amides is 1. The molecule has 2 aromatic carbocycles. The van der Waals surface area contributed by atoms with Gasteiger partial charge < -0.3 is 15.1 Å². The number of nitrogens with zero attached hydrogens (tertiary/aromatic N) is 2. The molecule has 0 unspecified atom stereocenters. The van der Waals surface area contributed by atoms with Crippen LogP contribution in [0.2, 0.25) is 0 Å². The molecule has 5 heteroatoms. The first kappa shape index (κ1) is 19.1. The third-order valence-corrected chi connectivity index (χ3v) is 6.02. The van der Waals surface area contributed by atoms with E-state index in [1.54, 1.807) is 4.90 Å². The van der Waals surface area contributed by atoms with Crippen molar-refractivity contribution in [3.8, 4) is 11.1 Å². The van der Waals surface area contributed by atoms with Crippen molar-refractivity contribution >= 4 is 5.91 Å². The summed E-state index contributed by atoms with van der Waals surface area (Å²) in [5.41, 5.74) is 2.77. The monoisotopic (exact) mass is 380 g/mol. The van der Waals surface area contributed by atoms with Crippen molar-refractivity contribution < 1.29 is 15.0 Å². The molecule has 0 aromatic heterocycles. The molecule has 0 bridgehead atoms. The SMILES string of the molecule is O=C(c1cccc(-c2ccccc2)c1)N1CC[C@@H](N2CCC(O)CC2)[C@H](O)C1. The standard InChI is InChI=1S/C23H28N2O3/c26-20-9-12-24(13-10-20)21-11-14-25(16-22(21)27)23(28)19-8-4-7-18(15-19)17-5-2-1-3-6-17/h1-8,15,20-22,26-27H,9-14,16H2/t21-,22-/m1/s1. The summed E-state index contributed by atoms with van der Waals surface area (Å²) in [7, 11) is 0. The van der Waals surface area contributed by atoms with Crippen LogP contribution in [-0.4, -0.2) is 70.3 Å². The number of rotatable bonds is 3. The van der Waals surface area contributed by atoms with E-state index in [0.29, 0.717) is 18.7 Å². The van der Waals surface area contributed by atoms with Crippen molar-refractivity contribution in [2.24, 2.45) is 0 Å². The normalized spacial score (nSPS) is 24.3. The van der Waals surface area contributed by atoms with Crippen molar-refractivity contribution in [3.63, 3.8) is 0 Å². The van der Waals surface area contributed by atoms with Gasteiger partial charge in [0.15, 0.2) is 0 Å². The first-order chi connectivity index (χ1) is 13.6. The summed E-state index contributed by atoms with van der Waals surface area (Å²) in [5.74, 6) is -0.0238. The highest BCUT2D eigenvalue weighted by atomic mass is 16.3. The Kier molecular flexibility index (Phi) is 5.76. The number of aliphatic hydroxyl groups excluding tert-OH is 2. The van der Waals surface area contributed by atoms with Crippen LogP contribution in [0.4, 0.5) is 0 Å². The number of carbonyl (C=O) groups is 1. The molecule has 148 valence electrons. The van der Waals surface area contributed by atoms with E-state index in [1.807, 2.05) is 54.6 Å². The Hall–Kier alpha value is -2.21. The lowest BCUT2D eigenvalue weighted by Crippen LogP contribution is -2.57. The smallest absolute Gasteiger partial charge is 0.253 e. The molecule has 0 spiro atoms. The molecule has 0 aliphatic carbocycles. The quantitative estimate of drug-likeness (QED) is 0.858. The van der Waals surface area contributed by atoms with Crippen LogP contribution in [0.25, 0.3) is 11.1 Å². The average Bonchev–Trinajstić information content (AvgIpc) is 2.75. The summed E-state index contributed by atoms with van der Waals surface area (Å²) < 4.78 is 0. The molecular formula is C23H28N2O3. The Balaban J connectivity index is 1.42. The van der Waals surface area contributed by atoms with Crippen molar-refractivity contribution in [3.05, 3.63) is 60.2 Å². The van der Waals surface area contributed by atoms with Gasteiger partial charge in [-0.05, 0) is 42.5 Å². The summed E-state index contributed by atoms with van der Waals surface area (Å²) in [6.07, 6.45) is 1.52. The molecule has 0 saturated carbocycles. The largest absolute Gasteiger partial charge is 0.393 e. The van der Waals surface area contributed by atoms with Gasteiger partial charge in [-0.2, -0.15) is 0 Å². The number of benzene rings is 2. The van der Waals surface area contributed by atoms with E-state index in [2.05, 4.69) is 4.90 Å². The Labute approximate surface area is 166 Å². The zero-order chi connectivity index (χ0) is 19.5. The number of carbonyl (C=O) groups excluding carboxylic acids is 1. The van der Waals surface area contributed by atoms with Crippen LogP contribution < -0.4 is 0 Å². The molecule has 2 N–H and O–H groups in total. The maximum atomic E-state index is 13.0. The molecule has 4 rings (SSSR count). The fourth-order valence-electron chi connectivity index (χ4n) is 4.39. The summed E-state index contributed by atoms with van der Waals surface area (Å²) in [5, 5.41) is 20.4. The van der Waals surface area contributed by atoms with Gasteiger partial charge in [0.05, 0.1) is 12.2 Å². The third-order valence-electron chi connectivity index (χ3n) is 6.02. The third kappa shape index (κ3) is 4.12. The number of aliphatic hydroxyl groups is 2. The van der Waals surface area contributed by atoms with E-state index >= 15 is 0 Å². The molecule has 2 fully saturated rings. The fourth-order valence-corrected chi connectivity index (χ4v) is 4.39. The zero-order valence-corrected chi connectivity index (χ0v) is 16.1. The van der Waals surface area contributed by atoms with Gasteiger partial charge in [-0.15, -0.1) is 0 Å². The Morgan fingerprint density at radius 3 is 2.29 bits per heavy atom. The molecule has 2 aromatic rings. The summed E-state index contributed by atoms with van der Waals surface area (Å²) >= 11 is 0. The molecule has 1 amide bonds. The molecule has 28 heavy (non-hydrogen) atoms. The molecular weight excluding hydrogens is 352 g/mol. The lowest BCUT2D eigenvalue weighted by Gasteiger charge is -2.43. The minimum atomic E-state index is -0.551. The average molecular weight is 380 g/mol. The van der Waals surface area contributed by atoms with E-state index < -0.39 is 6.10 Å². The second-order valence-electron chi connectivity index (χ2n) is 7.89. The van der Waals surface area contributed by atoms with Gasteiger partial charge in [-0.25, -0.2) is 0 Å². The van der Waals surface area contributed by atoms with E-state index in [9.17, 15) is 15.0 Å². The van der Waals surface area contributed by atoms with Gasteiger partial charge in [0.1, 0.15) is 0 Å². The van der Waals surface area contributed by atoms with E-state index in [4.69, 9.17) is 0 Å². The summed E-state index contributed by atoms with van der Waals surface area (Å²) in [6.45, 7) is 2.64. The Morgan fingerprint density at radius 2 is 1.57 bits per heavy atom. The van der Waals surface area contributed by atoms with E-state index in [0.717, 1.165) is 43.5 Å². The molecule has 2 heterocycles. The molecule has 2 saturated heterocycles. The minimum Gasteiger partial charge on any atom is -0.393 e. The van der Waals surface area contributed by atoms with Gasteiger partial charge >= 0.3 is 0 Å². The zero-order valence-electron chi connectivity index (χ0n) is 16.1. The Morgan fingerprint density at radius 1 is 0.857 bits per heavy atom. The van der Waals surface area contributed by atoms with Gasteiger partial charge in [0.2, 0.25) is 0 Å². The Bertz CT molecular complexity index is 803. The van der Waals surface area contributed by atoms with Crippen molar-refractivity contribution in [1.29, 1.82) is 0 Å². The van der Waals surface area contributed by atoms with Gasteiger partial charge in [-0.1, -0.05) is 42.5 Å². The predicted molar refractivity (Wildman–Crippen MR) is 109 cm³/mol. The second-order valence-corrected chi connectivity index (χ2v) is 7.89. The van der Waals surface area contributed by atoms with Crippen LogP contribution >= 0.6 is 0 Å². The second kappa shape index (κ2) is 8.43. The van der Waals surface area contributed by atoms with Gasteiger partial charge in [-0.3, -0.25) is 9.69 Å². The highest BCUT2D eigenvalue weighted by molar-refractivity contribution is 5.95. The first-order valence-electron chi connectivity index (χ1n) is 10.2. The van der Waals surface area contributed by atoms with E-state index in [-0.39, 0.29) is 18.1 Å². The fraction of sp³-hybridized carbons (Fsp3) is 0.435. The number of hydrogen-bond donors (Lipinski definition) is 2. The molecule has 2 aliphatic rings. The maximum Gasteiger partial charge on any atom is 0.253 e. The van der Waals surface area contributed by atoms with Crippen molar-refractivity contribution in [1.82, 2.24) is 9.80 Å². The predicted octanol–water partition coefficient (Wildman–Crippen LogP) is 2.39. The lowest BCUT2D eigenvalue weighted by atomic mass is 9.96. The van der Waals surface area contributed by atoms with E-state index in [1.165, 1.54) is 0 Å². The molecule has 0 radical (unpaired) electrons. The first-order valence-corrected chi connectivity index (χ1v) is 10.2. The number of piperidine rings is 2. The van der Waals surface area contributed by atoms with Crippen LogP contribution in [0.15, 0.2) is 54.6 Å². The summed E-state index contributed by atoms with van der Waals surface area (Å²) in [6, 6.07) is 17.8. The highest BCUT2D eigenvalue weighted by Crippen LogP contribution is 2.24. The number of likely N-dealkylation sites (tertiary alicyclic amines) is 2. The molecule has 5 nitrogen and oxygen atoms in total. The molecule has 2 atom stereocenters. The summed E-state index contributed by atoms with van der Waals surface area (Å²) in [4.78, 5) is 17.1. The lowest BCUT2D eigenvalue weighted by molar-refractivity contribution is -0.0291. The van der Waals surface area contributed by atoms with Crippen molar-refractivity contribution in [2.75, 3.05) is 26.2 Å².